The van der Waals surface area contributed by atoms with Crippen LogP contribution in [0.1, 0.15) is 30.1 Å². The molecule has 0 aliphatic rings. The van der Waals surface area contributed by atoms with Gasteiger partial charge in [0.15, 0.2) is 5.78 Å². The molecular weight excluding hydrogens is 302 g/mol. The smallest absolute Gasteiger partial charge is 0.328 e. The van der Waals surface area contributed by atoms with Gasteiger partial charge in [-0.1, -0.05) is 0 Å². The zero-order chi connectivity index (χ0) is 17.4. The second-order valence-electron chi connectivity index (χ2n) is 4.88. The van der Waals surface area contributed by atoms with Crippen LogP contribution >= 0.6 is 0 Å². The minimum atomic E-state index is -1.14. The Kier molecular flexibility index (Phi) is 6.92. The molecule has 0 aliphatic heterocycles. The summed E-state index contributed by atoms with van der Waals surface area (Å²) in [7, 11) is 2.67. The van der Waals surface area contributed by atoms with Crippen LogP contribution in [0.5, 0.6) is 5.75 Å². The summed E-state index contributed by atoms with van der Waals surface area (Å²) in [5.74, 6) is -1.46. The molecule has 0 saturated heterocycles. The molecule has 124 valence electrons. The maximum absolute atomic E-state index is 12.2. The monoisotopic (exact) mass is 321 g/mol. The quantitative estimate of drug-likeness (QED) is 0.434. The lowest BCUT2D eigenvalue weighted by atomic mass is 10.0. The van der Waals surface area contributed by atoms with E-state index in [-0.39, 0.29) is 24.4 Å². The van der Waals surface area contributed by atoms with Crippen molar-refractivity contribution in [3.63, 3.8) is 0 Å². The SMILES string of the molecule is COC(=O)C(CC(=O)c1ccc(OC)cc1)NC(=O)CC(C)=O. The average molecular weight is 321 g/mol. The van der Waals surface area contributed by atoms with Gasteiger partial charge in [0.1, 0.15) is 17.6 Å². The van der Waals surface area contributed by atoms with Gasteiger partial charge >= 0.3 is 5.97 Å². The van der Waals surface area contributed by atoms with Crippen molar-refractivity contribution in [2.45, 2.75) is 25.8 Å². The number of carbonyl (C=O) groups is 4. The summed E-state index contributed by atoms with van der Waals surface area (Å²) in [6, 6.07) is 5.23. The number of nitrogens with one attached hydrogen (secondary N) is 1. The first kappa shape index (κ1) is 18.3. The Morgan fingerprint density at radius 1 is 1.09 bits per heavy atom. The van der Waals surface area contributed by atoms with E-state index >= 15 is 0 Å². The van der Waals surface area contributed by atoms with Crippen LogP contribution in [0.25, 0.3) is 0 Å². The molecule has 0 saturated carbocycles. The van der Waals surface area contributed by atoms with E-state index in [1.807, 2.05) is 0 Å². The summed E-state index contributed by atoms with van der Waals surface area (Å²) in [6.07, 6.45) is -0.618. The molecule has 7 nitrogen and oxygen atoms in total. The summed E-state index contributed by atoms with van der Waals surface area (Å²) in [4.78, 5) is 46.5. The number of amides is 1. The van der Waals surface area contributed by atoms with E-state index in [4.69, 9.17) is 4.74 Å². The number of Topliss-reactive ketones (excluding diaryl/α,β-unsaturated/α-hetero) is 2. The van der Waals surface area contributed by atoms with Crippen LogP contribution in [0.4, 0.5) is 0 Å². The van der Waals surface area contributed by atoms with Gasteiger partial charge in [-0.25, -0.2) is 4.79 Å². The lowest BCUT2D eigenvalue weighted by Crippen LogP contribution is -2.43. The van der Waals surface area contributed by atoms with E-state index in [0.717, 1.165) is 7.11 Å². The molecule has 0 spiro atoms. The van der Waals surface area contributed by atoms with Crippen molar-refractivity contribution in [2.24, 2.45) is 0 Å². The second-order valence-corrected chi connectivity index (χ2v) is 4.88. The maximum Gasteiger partial charge on any atom is 0.328 e. The molecular formula is C16H19NO6. The molecule has 1 aromatic rings. The molecule has 0 aromatic heterocycles. The number of methoxy groups -OCH3 is 2. The fraction of sp³-hybridized carbons (Fsp3) is 0.375. The number of ether oxygens (including phenoxy) is 2. The highest BCUT2D eigenvalue weighted by molar-refractivity contribution is 6.01. The van der Waals surface area contributed by atoms with Crippen LogP contribution in [-0.2, 0) is 19.1 Å². The predicted octanol–water partition coefficient (Wildman–Crippen LogP) is 0.905. The molecule has 1 amide bonds. The number of esters is 1. The topological polar surface area (TPSA) is 98.8 Å². The first-order valence-electron chi connectivity index (χ1n) is 6.91. The van der Waals surface area contributed by atoms with Crippen LogP contribution in [0.2, 0.25) is 0 Å². The zero-order valence-corrected chi connectivity index (χ0v) is 13.3. The van der Waals surface area contributed by atoms with Gasteiger partial charge in [-0.2, -0.15) is 0 Å². The summed E-state index contributed by atoms with van der Waals surface area (Å²) in [5, 5.41) is 2.34. The van der Waals surface area contributed by atoms with Gasteiger partial charge in [0.2, 0.25) is 5.91 Å². The van der Waals surface area contributed by atoms with Crippen molar-refractivity contribution in [3.8, 4) is 5.75 Å². The molecule has 7 heteroatoms. The summed E-state index contributed by atoms with van der Waals surface area (Å²) in [5.41, 5.74) is 0.375. The third-order valence-corrected chi connectivity index (χ3v) is 3.03. The molecule has 1 N–H and O–H groups in total. The van der Waals surface area contributed by atoms with E-state index in [9.17, 15) is 19.2 Å². The van der Waals surface area contributed by atoms with E-state index < -0.39 is 17.9 Å². The molecule has 1 atom stereocenters. The third kappa shape index (κ3) is 5.90. The Morgan fingerprint density at radius 2 is 1.70 bits per heavy atom. The highest BCUT2D eigenvalue weighted by Crippen LogP contribution is 2.14. The van der Waals surface area contributed by atoms with Gasteiger partial charge in [0.25, 0.3) is 0 Å². The number of rotatable bonds is 8. The molecule has 23 heavy (non-hydrogen) atoms. The molecule has 1 unspecified atom stereocenters. The normalized spacial score (nSPS) is 11.3. The minimum absolute atomic E-state index is 0.261. The number of hydrogen-bond donors (Lipinski definition) is 1. The van der Waals surface area contributed by atoms with Crippen LogP contribution in [0.3, 0.4) is 0 Å². The Labute approximate surface area is 134 Å². The van der Waals surface area contributed by atoms with Crippen LogP contribution in [0, 0.1) is 0 Å². The molecule has 0 aliphatic carbocycles. The maximum atomic E-state index is 12.2. The molecule has 0 radical (unpaired) electrons. The number of benzene rings is 1. The standard InChI is InChI=1S/C16H19NO6/c1-10(18)8-15(20)17-13(16(21)23-3)9-14(19)11-4-6-12(22-2)7-5-11/h4-7,13H,8-9H2,1-3H3,(H,17,20). The average Bonchev–Trinajstić information content (AvgIpc) is 2.52. The van der Waals surface area contributed by atoms with Crippen molar-refractivity contribution in [1.29, 1.82) is 0 Å². The molecule has 0 heterocycles. The second kappa shape index (κ2) is 8.67. The van der Waals surface area contributed by atoms with Crippen molar-refractivity contribution in [1.82, 2.24) is 5.32 Å². The summed E-state index contributed by atoms with van der Waals surface area (Å²) >= 11 is 0. The lowest BCUT2D eigenvalue weighted by molar-refractivity contribution is -0.145. The number of carbonyl (C=O) groups excluding carboxylic acids is 4. The summed E-state index contributed by atoms with van der Waals surface area (Å²) < 4.78 is 9.58. The van der Waals surface area contributed by atoms with Crippen LogP contribution in [0.15, 0.2) is 24.3 Å². The van der Waals surface area contributed by atoms with Crippen molar-refractivity contribution < 1.29 is 28.7 Å². The van der Waals surface area contributed by atoms with E-state index in [0.29, 0.717) is 11.3 Å². The number of hydrogen-bond acceptors (Lipinski definition) is 6. The molecule has 1 rings (SSSR count). The Morgan fingerprint density at radius 3 is 2.17 bits per heavy atom. The Balaban J connectivity index is 2.79. The van der Waals surface area contributed by atoms with Gasteiger partial charge in [-0.15, -0.1) is 0 Å². The summed E-state index contributed by atoms with van der Waals surface area (Å²) in [6.45, 7) is 1.26. The minimum Gasteiger partial charge on any atom is -0.497 e. The lowest BCUT2D eigenvalue weighted by Gasteiger charge is -2.15. The largest absolute Gasteiger partial charge is 0.497 e. The molecule has 0 fully saturated rings. The Hall–Kier alpha value is -2.70. The highest BCUT2D eigenvalue weighted by atomic mass is 16.5. The predicted molar refractivity (Wildman–Crippen MR) is 81.2 cm³/mol. The molecule has 0 bridgehead atoms. The van der Waals surface area contributed by atoms with Crippen LogP contribution in [-0.4, -0.2) is 43.7 Å². The zero-order valence-electron chi connectivity index (χ0n) is 13.3. The molecule has 1 aromatic carbocycles. The first-order valence-corrected chi connectivity index (χ1v) is 6.91. The van der Waals surface area contributed by atoms with E-state index in [1.165, 1.54) is 14.0 Å². The van der Waals surface area contributed by atoms with Crippen LogP contribution < -0.4 is 10.1 Å². The van der Waals surface area contributed by atoms with Gasteiger partial charge in [0, 0.05) is 12.0 Å². The number of ketones is 2. The van der Waals surface area contributed by atoms with E-state index in [1.54, 1.807) is 24.3 Å². The third-order valence-electron chi connectivity index (χ3n) is 3.03. The van der Waals surface area contributed by atoms with Gasteiger partial charge in [-0.05, 0) is 31.2 Å². The highest BCUT2D eigenvalue weighted by Gasteiger charge is 2.25. The van der Waals surface area contributed by atoms with Crippen molar-refractivity contribution in [2.75, 3.05) is 14.2 Å². The van der Waals surface area contributed by atoms with Crippen molar-refractivity contribution in [3.05, 3.63) is 29.8 Å². The fourth-order valence-electron chi connectivity index (χ4n) is 1.89. The van der Waals surface area contributed by atoms with Gasteiger partial charge < -0.3 is 14.8 Å². The van der Waals surface area contributed by atoms with E-state index in [2.05, 4.69) is 10.1 Å². The Bertz CT molecular complexity index is 593. The van der Waals surface area contributed by atoms with Gasteiger partial charge in [-0.3, -0.25) is 14.4 Å². The van der Waals surface area contributed by atoms with Gasteiger partial charge in [0.05, 0.1) is 20.6 Å². The first-order chi connectivity index (χ1) is 10.9. The van der Waals surface area contributed by atoms with Crippen molar-refractivity contribution >= 4 is 23.4 Å². The fourth-order valence-corrected chi connectivity index (χ4v) is 1.89.